The van der Waals surface area contributed by atoms with Crippen LogP contribution < -0.4 is 5.32 Å². The molecule has 0 spiro atoms. The number of nitrogens with one attached hydrogen (secondary N) is 1. The number of carbonyl (C=O) groups excluding carboxylic acids is 1. The van der Waals surface area contributed by atoms with Crippen LogP contribution in [0.1, 0.15) is 26.7 Å². The number of nitrogens with zero attached hydrogens (tertiary/aromatic N) is 1. The van der Waals surface area contributed by atoms with Crippen LogP contribution in [0.5, 0.6) is 0 Å². The number of piperidine rings is 1. The van der Waals surface area contributed by atoms with Crippen LogP contribution in [0, 0.1) is 5.92 Å². The summed E-state index contributed by atoms with van der Waals surface area (Å²) in [5, 5.41) is 3.37. The molecule has 0 aromatic carbocycles. The molecule has 1 fully saturated rings. The van der Waals surface area contributed by atoms with E-state index >= 15 is 0 Å². The summed E-state index contributed by atoms with van der Waals surface area (Å²) in [7, 11) is 0. The Hall–Kier alpha value is -0.570. The summed E-state index contributed by atoms with van der Waals surface area (Å²) in [6.07, 6.45) is 2.51. The summed E-state index contributed by atoms with van der Waals surface area (Å²) in [4.78, 5) is 13.1. The van der Waals surface area contributed by atoms with Gasteiger partial charge in [-0.25, -0.2) is 0 Å². The van der Waals surface area contributed by atoms with Crippen molar-refractivity contribution < 1.29 is 4.79 Å². The van der Waals surface area contributed by atoms with Crippen LogP contribution in [0.3, 0.4) is 0 Å². The van der Waals surface area contributed by atoms with Crippen molar-refractivity contribution in [2.24, 2.45) is 5.92 Å². The van der Waals surface area contributed by atoms with Gasteiger partial charge in [0.2, 0.25) is 5.91 Å². The van der Waals surface area contributed by atoms with E-state index in [0.717, 1.165) is 26.2 Å². The average molecular weight is 184 g/mol. The van der Waals surface area contributed by atoms with Gasteiger partial charge in [-0.2, -0.15) is 0 Å². The molecule has 0 saturated carbocycles. The first kappa shape index (κ1) is 10.5. The highest BCUT2D eigenvalue weighted by molar-refractivity contribution is 5.73. The summed E-state index contributed by atoms with van der Waals surface area (Å²) in [5.74, 6) is 0.866. The Balaban J connectivity index is 2.31. The minimum atomic E-state index is 0.202. The summed E-state index contributed by atoms with van der Waals surface area (Å²) < 4.78 is 0. The predicted octanol–water partition coefficient (Wildman–Crippen LogP) is 0.854. The molecular formula is C10H20N2O. The largest absolute Gasteiger partial charge is 0.343 e. The Morgan fingerprint density at radius 2 is 2.38 bits per heavy atom. The minimum absolute atomic E-state index is 0.202. The molecule has 1 atom stereocenters. The van der Waals surface area contributed by atoms with Crippen LogP contribution in [0.15, 0.2) is 0 Å². The topological polar surface area (TPSA) is 32.3 Å². The van der Waals surface area contributed by atoms with Gasteiger partial charge < -0.3 is 10.2 Å². The van der Waals surface area contributed by atoms with E-state index in [4.69, 9.17) is 0 Å². The van der Waals surface area contributed by atoms with Crippen molar-refractivity contribution >= 4 is 5.91 Å². The third-order valence-corrected chi connectivity index (χ3v) is 2.70. The molecule has 0 radical (unpaired) electrons. The van der Waals surface area contributed by atoms with Gasteiger partial charge in [0.1, 0.15) is 0 Å². The van der Waals surface area contributed by atoms with Crippen molar-refractivity contribution in [3.8, 4) is 0 Å². The van der Waals surface area contributed by atoms with Crippen molar-refractivity contribution in [2.45, 2.75) is 26.7 Å². The maximum absolute atomic E-state index is 11.2. The molecular weight excluding hydrogens is 164 g/mol. The molecule has 1 rings (SSSR count). The lowest BCUT2D eigenvalue weighted by molar-refractivity contribution is -0.129. The van der Waals surface area contributed by atoms with Gasteiger partial charge >= 0.3 is 0 Å². The highest BCUT2D eigenvalue weighted by atomic mass is 16.2. The number of amides is 1. The second kappa shape index (κ2) is 5.22. The van der Waals surface area contributed by atoms with Crippen LogP contribution in [0.2, 0.25) is 0 Å². The van der Waals surface area contributed by atoms with E-state index < -0.39 is 0 Å². The minimum Gasteiger partial charge on any atom is -0.343 e. The van der Waals surface area contributed by atoms with Crippen LogP contribution in [0.25, 0.3) is 0 Å². The Bertz CT molecular complexity index is 164. The molecule has 1 N–H and O–H groups in total. The van der Waals surface area contributed by atoms with Crippen molar-refractivity contribution in [1.29, 1.82) is 0 Å². The molecule has 13 heavy (non-hydrogen) atoms. The van der Waals surface area contributed by atoms with Crippen LogP contribution in [0.4, 0.5) is 0 Å². The molecule has 3 nitrogen and oxygen atoms in total. The first-order valence-electron chi connectivity index (χ1n) is 5.20. The fourth-order valence-electron chi connectivity index (χ4n) is 1.87. The van der Waals surface area contributed by atoms with Crippen LogP contribution in [-0.2, 0) is 4.79 Å². The van der Waals surface area contributed by atoms with Gasteiger partial charge in [-0.15, -0.1) is 0 Å². The lowest BCUT2D eigenvalue weighted by Gasteiger charge is -2.28. The molecule has 0 aliphatic carbocycles. The number of rotatable bonds is 3. The summed E-state index contributed by atoms with van der Waals surface area (Å²) in [6, 6.07) is 0. The van der Waals surface area contributed by atoms with Gasteiger partial charge in [-0.3, -0.25) is 4.79 Å². The summed E-state index contributed by atoms with van der Waals surface area (Å²) >= 11 is 0. The maximum Gasteiger partial charge on any atom is 0.219 e. The molecule has 0 aromatic heterocycles. The van der Waals surface area contributed by atoms with Gasteiger partial charge in [0, 0.05) is 20.0 Å². The molecule has 1 aliphatic rings. The third kappa shape index (κ3) is 3.35. The Morgan fingerprint density at radius 1 is 1.62 bits per heavy atom. The fraction of sp³-hybridized carbons (Fsp3) is 0.900. The molecule has 1 saturated heterocycles. The maximum atomic E-state index is 11.2. The quantitative estimate of drug-likeness (QED) is 0.705. The molecule has 76 valence electrons. The fourth-order valence-corrected chi connectivity index (χ4v) is 1.87. The molecule has 1 amide bonds. The Morgan fingerprint density at radius 3 is 2.85 bits per heavy atom. The van der Waals surface area contributed by atoms with Crippen molar-refractivity contribution in [1.82, 2.24) is 10.2 Å². The number of carbonyl (C=O) groups is 1. The lowest BCUT2D eigenvalue weighted by Crippen LogP contribution is -2.40. The number of hydrogen-bond donors (Lipinski definition) is 1. The van der Waals surface area contributed by atoms with Gasteiger partial charge in [-0.1, -0.05) is 0 Å². The van der Waals surface area contributed by atoms with Crippen molar-refractivity contribution in [3.63, 3.8) is 0 Å². The third-order valence-electron chi connectivity index (χ3n) is 2.70. The predicted molar refractivity (Wildman–Crippen MR) is 53.5 cm³/mol. The standard InChI is InChI=1S/C10H20N2O/c1-3-12(9(2)13)8-10-5-4-6-11-7-10/h10-11H,3-8H2,1-2H3. The highest BCUT2D eigenvalue weighted by Crippen LogP contribution is 2.11. The summed E-state index contributed by atoms with van der Waals surface area (Å²) in [5.41, 5.74) is 0. The first-order chi connectivity index (χ1) is 6.24. The highest BCUT2D eigenvalue weighted by Gasteiger charge is 2.17. The first-order valence-corrected chi connectivity index (χ1v) is 5.20. The van der Waals surface area contributed by atoms with Crippen LogP contribution in [-0.4, -0.2) is 37.0 Å². The van der Waals surface area contributed by atoms with Crippen molar-refractivity contribution in [2.75, 3.05) is 26.2 Å². The molecule has 3 heteroatoms. The van der Waals surface area contributed by atoms with Crippen molar-refractivity contribution in [3.05, 3.63) is 0 Å². The van der Waals surface area contributed by atoms with E-state index in [1.54, 1.807) is 6.92 Å². The zero-order valence-electron chi connectivity index (χ0n) is 8.68. The molecule has 0 aromatic rings. The van der Waals surface area contributed by atoms with E-state index in [2.05, 4.69) is 5.32 Å². The lowest BCUT2D eigenvalue weighted by atomic mass is 9.99. The SMILES string of the molecule is CCN(CC1CCCNC1)C(C)=O. The zero-order valence-corrected chi connectivity index (χ0v) is 8.68. The summed E-state index contributed by atoms with van der Waals surface area (Å²) in [6.45, 7) is 7.68. The molecule has 0 bridgehead atoms. The zero-order chi connectivity index (χ0) is 9.68. The van der Waals surface area contributed by atoms with Crippen LogP contribution >= 0.6 is 0 Å². The second-order valence-corrected chi connectivity index (χ2v) is 3.77. The van der Waals surface area contributed by atoms with Gasteiger partial charge in [0.05, 0.1) is 0 Å². The average Bonchev–Trinajstić information content (AvgIpc) is 2.15. The Labute approximate surface area is 80.5 Å². The number of hydrogen-bond acceptors (Lipinski definition) is 2. The van der Waals surface area contributed by atoms with Gasteiger partial charge in [0.15, 0.2) is 0 Å². The smallest absolute Gasteiger partial charge is 0.219 e. The Kier molecular flexibility index (Phi) is 4.22. The molecule has 1 heterocycles. The molecule has 1 unspecified atom stereocenters. The van der Waals surface area contributed by atoms with E-state index in [9.17, 15) is 4.79 Å². The van der Waals surface area contributed by atoms with E-state index in [0.29, 0.717) is 5.92 Å². The monoisotopic (exact) mass is 184 g/mol. The van der Waals surface area contributed by atoms with Gasteiger partial charge in [-0.05, 0) is 38.8 Å². The van der Waals surface area contributed by atoms with E-state index in [1.807, 2.05) is 11.8 Å². The second-order valence-electron chi connectivity index (χ2n) is 3.77. The van der Waals surface area contributed by atoms with E-state index in [-0.39, 0.29) is 5.91 Å². The van der Waals surface area contributed by atoms with E-state index in [1.165, 1.54) is 12.8 Å². The normalized spacial score (nSPS) is 22.8. The molecule has 1 aliphatic heterocycles. The van der Waals surface area contributed by atoms with Gasteiger partial charge in [0.25, 0.3) is 0 Å².